The van der Waals surface area contributed by atoms with Crippen LogP contribution in [0.5, 0.6) is 0 Å². The number of primary amides is 1. The average molecular weight is 241 g/mol. The molecule has 1 aliphatic heterocycles. The molecule has 1 unspecified atom stereocenters. The topological polar surface area (TPSA) is 72.6 Å². The van der Waals surface area contributed by atoms with Crippen LogP contribution in [0.4, 0.5) is 0 Å². The minimum atomic E-state index is -1.30. The first-order chi connectivity index (χ1) is 8.15. The van der Waals surface area contributed by atoms with Gasteiger partial charge in [0, 0.05) is 19.1 Å². The Hall–Kier alpha value is -0.610. The third kappa shape index (κ3) is 2.47. The van der Waals surface area contributed by atoms with Crippen molar-refractivity contribution in [2.45, 2.75) is 50.5 Å². The van der Waals surface area contributed by atoms with E-state index < -0.39 is 11.5 Å². The second-order valence-electron chi connectivity index (χ2n) is 5.41. The molecule has 2 aliphatic rings. The number of hydrogen-bond donors (Lipinski definition) is 2. The number of carbonyl (C=O) groups is 1. The zero-order chi connectivity index (χ0) is 12.3. The van der Waals surface area contributed by atoms with Gasteiger partial charge in [-0.15, -0.1) is 0 Å². The van der Waals surface area contributed by atoms with Gasteiger partial charge in [0.25, 0.3) is 0 Å². The Morgan fingerprint density at radius 1 is 1.06 bits per heavy atom. The van der Waals surface area contributed by atoms with Crippen LogP contribution in [-0.2, 0) is 9.53 Å². The van der Waals surface area contributed by atoms with E-state index in [-0.39, 0.29) is 11.8 Å². The summed E-state index contributed by atoms with van der Waals surface area (Å²) in [4.78, 5) is 11.8. The summed E-state index contributed by atoms with van der Waals surface area (Å²) < 4.78 is 5.30. The summed E-state index contributed by atoms with van der Waals surface area (Å²) in [6.07, 6.45) is 6.76. The molecular formula is C13H23NO3. The maximum absolute atomic E-state index is 11.8. The minimum Gasteiger partial charge on any atom is -0.381 e. The first-order valence-electron chi connectivity index (χ1n) is 6.75. The summed E-state index contributed by atoms with van der Waals surface area (Å²) in [5.41, 5.74) is 4.20. The van der Waals surface area contributed by atoms with Gasteiger partial charge in [0.2, 0.25) is 5.91 Å². The van der Waals surface area contributed by atoms with Crippen molar-refractivity contribution in [3.05, 3.63) is 0 Å². The number of carbonyl (C=O) groups excluding carboxylic acids is 1. The van der Waals surface area contributed by atoms with E-state index in [4.69, 9.17) is 10.5 Å². The molecular weight excluding hydrogens is 218 g/mol. The van der Waals surface area contributed by atoms with Gasteiger partial charge in [0.15, 0.2) is 0 Å². The summed E-state index contributed by atoms with van der Waals surface area (Å²) in [6.45, 7) is 1.26. The monoisotopic (exact) mass is 241 g/mol. The van der Waals surface area contributed by atoms with Gasteiger partial charge in [-0.25, -0.2) is 0 Å². The first kappa shape index (κ1) is 12.8. The third-order valence-corrected chi connectivity index (χ3v) is 4.47. The van der Waals surface area contributed by atoms with Crippen LogP contribution in [0.15, 0.2) is 0 Å². The van der Waals surface area contributed by atoms with Crippen molar-refractivity contribution in [3.8, 4) is 0 Å². The fraction of sp³-hybridized carbons (Fsp3) is 0.923. The van der Waals surface area contributed by atoms with Gasteiger partial charge < -0.3 is 15.6 Å². The van der Waals surface area contributed by atoms with Gasteiger partial charge in [-0.1, -0.05) is 19.3 Å². The van der Waals surface area contributed by atoms with Crippen LogP contribution in [0.3, 0.4) is 0 Å². The molecule has 0 spiro atoms. The molecule has 1 saturated carbocycles. The lowest BCUT2D eigenvalue weighted by Gasteiger charge is -2.42. The molecule has 0 aromatic heterocycles. The molecule has 1 atom stereocenters. The van der Waals surface area contributed by atoms with E-state index in [0.717, 1.165) is 38.5 Å². The zero-order valence-corrected chi connectivity index (χ0v) is 10.4. The smallest absolute Gasteiger partial charge is 0.249 e. The maximum atomic E-state index is 11.8. The summed E-state index contributed by atoms with van der Waals surface area (Å²) in [7, 11) is 0. The molecule has 0 bridgehead atoms. The Labute approximate surface area is 103 Å². The van der Waals surface area contributed by atoms with E-state index in [1.165, 1.54) is 6.42 Å². The largest absolute Gasteiger partial charge is 0.381 e. The average Bonchev–Trinajstić information content (AvgIpc) is 2.39. The Balaban J connectivity index is 2.14. The lowest BCUT2D eigenvalue weighted by molar-refractivity contribution is -0.159. The highest BCUT2D eigenvalue weighted by Crippen LogP contribution is 2.40. The number of hydrogen-bond acceptors (Lipinski definition) is 3. The van der Waals surface area contributed by atoms with E-state index in [1.807, 2.05) is 0 Å². The number of aliphatic hydroxyl groups is 1. The van der Waals surface area contributed by atoms with Crippen molar-refractivity contribution in [2.75, 3.05) is 13.2 Å². The highest BCUT2D eigenvalue weighted by molar-refractivity contribution is 5.84. The molecule has 4 nitrogen and oxygen atoms in total. The number of nitrogens with two attached hydrogens (primary N) is 1. The second kappa shape index (κ2) is 5.36. The van der Waals surface area contributed by atoms with Gasteiger partial charge in [0.05, 0.1) is 0 Å². The van der Waals surface area contributed by atoms with Crippen molar-refractivity contribution in [2.24, 2.45) is 17.6 Å². The molecule has 2 rings (SSSR count). The summed E-state index contributed by atoms with van der Waals surface area (Å²) in [5, 5.41) is 10.8. The van der Waals surface area contributed by atoms with Crippen molar-refractivity contribution >= 4 is 5.91 Å². The standard InChI is InChI=1S/C13H23NO3/c14-12(15)13(16,10-4-2-1-3-5-10)11-6-8-17-9-7-11/h10-11,16H,1-9H2,(H2,14,15). The van der Waals surface area contributed by atoms with Crippen molar-refractivity contribution in [1.82, 2.24) is 0 Å². The van der Waals surface area contributed by atoms with Gasteiger partial charge in [-0.05, 0) is 31.6 Å². The zero-order valence-electron chi connectivity index (χ0n) is 10.4. The molecule has 0 aromatic rings. The third-order valence-electron chi connectivity index (χ3n) is 4.47. The number of rotatable bonds is 3. The van der Waals surface area contributed by atoms with Crippen LogP contribution >= 0.6 is 0 Å². The van der Waals surface area contributed by atoms with E-state index in [9.17, 15) is 9.90 Å². The van der Waals surface area contributed by atoms with Gasteiger partial charge in [0.1, 0.15) is 5.60 Å². The van der Waals surface area contributed by atoms with Crippen LogP contribution in [0.2, 0.25) is 0 Å². The predicted molar refractivity (Wildman–Crippen MR) is 64.3 cm³/mol. The van der Waals surface area contributed by atoms with Crippen molar-refractivity contribution in [1.29, 1.82) is 0 Å². The van der Waals surface area contributed by atoms with Gasteiger partial charge in [-0.3, -0.25) is 4.79 Å². The Bertz CT molecular complexity index is 250. The number of ether oxygens (including phenoxy) is 1. The van der Waals surface area contributed by atoms with Crippen LogP contribution in [0, 0.1) is 11.8 Å². The summed E-state index contributed by atoms with van der Waals surface area (Å²) in [6, 6.07) is 0. The van der Waals surface area contributed by atoms with E-state index in [2.05, 4.69) is 0 Å². The molecule has 3 N–H and O–H groups in total. The molecule has 1 heterocycles. The van der Waals surface area contributed by atoms with Gasteiger partial charge >= 0.3 is 0 Å². The summed E-state index contributed by atoms with van der Waals surface area (Å²) >= 11 is 0. The Morgan fingerprint density at radius 2 is 1.59 bits per heavy atom. The Kier molecular flexibility index (Phi) is 4.05. The normalized spacial score (nSPS) is 27.6. The summed E-state index contributed by atoms with van der Waals surface area (Å²) in [5.74, 6) is -0.495. The lowest BCUT2D eigenvalue weighted by Crippen LogP contribution is -2.57. The van der Waals surface area contributed by atoms with E-state index in [0.29, 0.717) is 13.2 Å². The minimum absolute atomic E-state index is 0.0168. The van der Waals surface area contributed by atoms with E-state index in [1.54, 1.807) is 0 Å². The van der Waals surface area contributed by atoms with Crippen LogP contribution in [0.1, 0.15) is 44.9 Å². The van der Waals surface area contributed by atoms with Crippen molar-refractivity contribution in [3.63, 3.8) is 0 Å². The fourth-order valence-corrected chi connectivity index (χ4v) is 3.42. The maximum Gasteiger partial charge on any atom is 0.249 e. The van der Waals surface area contributed by atoms with Crippen LogP contribution < -0.4 is 5.73 Å². The molecule has 98 valence electrons. The molecule has 4 heteroatoms. The molecule has 1 saturated heterocycles. The highest BCUT2D eigenvalue weighted by atomic mass is 16.5. The van der Waals surface area contributed by atoms with Crippen molar-refractivity contribution < 1.29 is 14.6 Å². The fourth-order valence-electron chi connectivity index (χ4n) is 3.42. The predicted octanol–water partition coefficient (Wildman–Crippen LogP) is 1.21. The quantitative estimate of drug-likeness (QED) is 0.780. The molecule has 0 aromatic carbocycles. The molecule has 2 fully saturated rings. The molecule has 0 radical (unpaired) electrons. The molecule has 17 heavy (non-hydrogen) atoms. The Morgan fingerprint density at radius 3 is 2.12 bits per heavy atom. The SMILES string of the molecule is NC(=O)C(O)(C1CCCCC1)C1CCOCC1. The first-order valence-corrected chi connectivity index (χ1v) is 6.75. The van der Waals surface area contributed by atoms with E-state index >= 15 is 0 Å². The van der Waals surface area contributed by atoms with Gasteiger partial charge in [-0.2, -0.15) is 0 Å². The van der Waals surface area contributed by atoms with Crippen LogP contribution in [0.25, 0.3) is 0 Å². The number of amides is 1. The second-order valence-corrected chi connectivity index (χ2v) is 5.41. The lowest BCUT2D eigenvalue weighted by atomic mass is 9.68. The molecule has 1 aliphatic carbocycles. The highest BCUT2D eigenvalue weighted by Gasteiger charge is 2.48. The van der Waals surface area contributed by atoms with Crippen LogP contribution in [-0.4, -0.2) is 29.8 Å². The molecule has 1 amide bonds.